The third-order valence-electron chi connectivity index (χ3n) is 2.87. The summed E-state index contributed by atoms with van der Waals surface area (Å²) in [6.07, 6.45) is 0. The zero-order valence-electron chi connectivity index (χ0n) is 9.80. The SMILES string of the molecule is Cl.Cn1c(-c2ccccc2)nc2ccc(Cl)cc21. The van der Waals surface area contributed by atoms with Gasteiger partial charge in [-0.2, -0.15) is 0 Å². The molecule has 0 radical (unpaired) electrons. The third-order valence-corrected chi connectivity index (χ3v) is 3.11. The number of imidazole rings is 1. The molecule has 0 atom stereocenters. The second-order valence-corrected chi connectivity index (χ2v) is 4.43. The Balaban J connectivity index is 0.00000120. The number of aromatic nitrogens is 2. The van der Waals surface area contributed by atoms with Gasteiger partial charge in [-0.25, -0.2) is 4.98 Å². The van der Waals surface area contributed by atoms with Gasteiger partial charge in [-0.15, -0.1) is 12.4 Å². The molecule has 92 valence electrons. The lowest BCUT2D eigenvalue weighted by Gasteiger charge is -2.01. The van der Waals surface area contributed by atoms with E-state index in [1.165, 1.54) is 0 Å². The lowest BCUT2D eigenvalue weighted by Crippen LogP contribution is -1.91. The average molecular weight is 279 g/mol. The van der Waals surface area contributed by atoms with Crippen LogP contribution in [0.15, 0.2) is 48.5 Å². The van der Waals surface area contributed by atoms with Crippen LogP contribution in [-0.2, 0) is 7.05 Å². The summed E-state index contributed by atoms with van der Waals surface area (Å²) >= 11 is 6.00. The first-order valence-corrected chi connectivity index (χ1v) is 5.81. The lowest BCUT2D eigenvalue weighted by atomic mass is 10.2. The highest BCUT2D eigenvalue weighted by Gasteiger charge is 2.09. The normalized spacial score (nSPS) is 10.3. The fourth-order valence-electron chi connectivity index (χ4n) is 2.01. The molecule has 3 rings (SSSR count). The molecule has 0 N–H and O–H groups in total. The first-order valence-electron chi connectivity index (χ1n) is 5.43. The Hall–Kier alpha value is -1.51. The number of aryl methyl sites for hydroxylation is 1. The van der Waals surface area contributed by atoms with Crippen molar-refractivity contribution in [3.8, 4) is 11.4 Å². The highest BCUT2D eigenvalue weighted by Crippen LogP contribution is 2.25. The van der Waals surface area contributed by atoms with Crippen LogP contribution in [0.2, 0.25) is 5.02 Å². The van der Waals surface area contributed by atoms with Crippen molar-refractivity contribution < 1.29 is 0 Å². The van der Waals surface area contributed by atoms with Crippen LogP contribution in [0.25, 0.3) is 22.4 Å². The number of fused-ring (bicyclic) bond motifs is 1. The summed E-state index contributed by atoms with van der Waals surface area (Å²) < 4.78 is 2.07. The molecule has 1 heterocycles. The number of halogens is 2. The zero-order valence-corrected chi connectivity index (χ0v) is 11.4. The molecule has 2 nitrogen and oxygen atoms in total. The molecule has 0 fully saturated rings. The van der Waals surface area contributed by atoms with Gasteiger partial charge in [0.05, 0.1) is 11.0 Å². The molecule has 0 saturated heterocycles. The van der Waals surface area contributed by atoms with E-state index in [0.29, 0.717) is 0 Å². The number of hydrogen-bond donors (Lipinski definition) is 0. The smallest absolute Gasteiger partial charge is 0.140 e. The van der Waals surface area contributed by atoms with Crippen LogP contribution >= 0.6 is 24.0 Å². The highest BCUT2D eigenvalue weighted by molar-refractivity contribution is 6.31. The summed E-state index contributed by atoms with van der Waals surface area (Å²) in [5.74, 6) is 0.961. The Morgan fingerprint density at radius 2 is 1.78 bits per heavy atom. The van der Waals surface area contributed by atoms with Crippen molar-refractivity contribution in [3.63, 3.8) is 0 Å². The maximum absolute atomic E-state index is 6.00. The molecule has 2 aromatic carbocycles. The van der Waals surface area contributed by atoms with Crippen molar-refractivity contribution in [1.29, 1.82) is 0 Å². The summed E-state index contributed by atoms with van der Waals surface area (Å²) in [4.78, 5) is 4.63. The van der Waals surface area contributed by atoms with Gasteiger partial charge < -0.3 is 4.57 Å². The average Bonchev–Trinajstić information content (AvgIpc) is 2.68. The molecule has 0 aliphatic carbocycles. The monoisotopic (exact) mass is 278 g/mol. The maximum atomic E-state index is 6.00. The van der Waals surface area contributed by atoms with Crippen LogP contribution < -0.4 is 0 Å². The zero-order chi connectivity index (χ0) is 11.8. The quantitative estimate of drug-likeness (QED) is 0.648. The van der Waals surface area contributed by atoms with Gasteiger partial charge in [-0.05, 0) is 18.2 Å². The third kappa shape index (κ3) is 2.09. The molecule has 0 unspecified atom stereocenters. The van der Waals surface area contributed by atoms with Gasteiger partial charge in [0.1, 0.15) is 5.82 Å². The Morgan fingerprint density at radius 1 is 1.06 bits per heavy atom. The van der Waals surface area contributed by atoms with E-state index in [0.717, 1.165) is 27.4 Å². The molecule has 0 amide bonds. The molecule has 0 saturated carbocycles. The molecule has 18 heavy (non-hydrogen) atoms. The molecule has 4 heteroatoms. The van der Waals surface area contributed by atoms with Gasteiger partial charge in [0.15, 0.2) is 0 Å². The minimum Gasteiger partial charge on any atom is -0.327 e. The number of hydrogen-bond acceptors (Lipinski definition) is 1. The standard InChI is InChI=1S/C14H11ClN2.ClH/c1-17-13-9-11(15)7-8-12(13)16-14(17)10-5-3-2-4-6-10;/h2-9H,1H3;1H. The van der Waals surface area contributed by atoms with Crippen molar-refractivity contribution >= 4 is 35.0 Å². The van der Waals surface area contributed by atoms with E-state index in [2.05, 4.69) is 21.7 Å². The molecule has 0 bridgehead atoms. The maximum Gasteiger partial charge on any atom is 0.140 e. The highest BCUT2D eigenvalue weighted by atomic mass is 35.5. The van der Waals surface area contributed by atoms with Crippen LogP contribution in [0.5, 0.6) is 0 Å². The summed E-state index contributed by atoms with van der Waals surface area (Å²) in [7, 11) is 2.01. The van der Waals surface area contributed by atoms with Gasteiger partial charge in [-0.3, -0.25) is 0 Å². The van der Waals surface area contributed by atoms with Crippen LogP contribution in [0, 0.1) is 0 Å². The van der Waals surface area contributed by atoms with Crippen LogP contribution in [-0.4, -0.2) is 9.55 Å². The summed E-state index contributed by atoms with van der Waals surface area (Å²) in [6, 6.07) is 15.9. The van der Waals surface area contributed by atoms with Gasteiger partial charge in [0.25, 0.3) is 0 Å². The van der Waals surface area contributed by atoms with Gasteiger partial charge in [0.2, 0.25) is 0 Å². The minimum atomic E-state index is 0. The number of rotatable bonds is 1. The largest absolute Gasteiger partial charge is 0.327 e. The van der Waals surface area contributed by atoms with Crippen molar-refractivity contribution in [2.75, 3.05) is 0 Å². The van der Waals surface area contributed by atoms with Crippen LogP contribution in [0.1, 0.15) is 0 Å². The summed E-state index contributed by atoms with van der Waals surface area (Å²) in [5.41, 5.74) is 3.13. The van der Waals surface area contributed by atoms with Crippen molar-refractivity contribution in [2.24, 2.45) is 7.05 Å². The van der Waals surface area contributed by atoms with E-state index in [1.807, 2.05) is 43.4 Å². The first-order chi connectivity index (χ1) is 8.25. The lowest BCUT2D eigenvalue weighted by molar-refractivity contribution is 0.959. The van der Waals surface area contributed by atoms with Crippen molar-refractivity contribution in [1.82, 2.24) is 9.55 Å². The van der Waals surface area contributed by atoms with E-state index in [4.69, 9.17) is 11.6 Å². The second kappa shape index (κ2) is 5.01. The van der Waals surface area contributed by atoms with Gasteiger partial charge in [0, 0.05) is 17.6 Å². The topological polar surface area (TPSA) is 17.8 Å². The molecular formula is C14H12Cl2N2. The Morgan fingerprint density at radius 3 is 2.50 bits per heavy atom. The van der Waals surface area contributed by atoms with E-state index in [-0.39, 0.29) is 12.4 Å². The van der Waals surface area contributed by atoms with Gasteiger partial charge >= 0.3 is 0 Å². The fourth-order valence-corrected chi connectivity index (χ4v) is 2.17. The molecule has 0 aliphatic rings. The second-order valence-electron chi connectivity index (χ2n) is 3.99. The van der Waals surface area contributed by atoms with Crippen LogP contribution in [0.3, 0.4) is 0 Å². The fraction of sp³-hybridized carbons (Fsp3) is 0.0714. The Kier molecular flexibility index (Phi) is 3.60. The molecule has 3 aromatic rings. The summed E-state index contributed by atoms with van der Waals surface area (Å²) in [5, 5.41) is 0.736. The van der Waals surface area contributed by atoms with E-state index < -0.39 is 0 Å². The van der Waals surface area contributed by atoms with E-state index in [9.17, 15) is 0 Å². The van der Waals surface area contributed by atoms with Crippen LogP contribution in [0.4, 0.5) is 0 Å². The molecule has 0 aliphatic heterocycles. The minimum absolute atomic E-state index is 0. The molecule has 0 spiro atoms. The molecular weight excluding hydrogens is 267 g/mol. The predicted molar refractivity (Wildman–Crippen MR) is 78.4 cm³/mol. The number of benzene rings is 2. The van der Waals surface area contributed by atoms with Gasteiger partial charge in [-0.1, -0.05) is 41.9 Å². The first kappa shape index (κ1) is 12.9. The Bertz CT molecular complexity index is 675. The van der Waals surface area contributed by atoms with E-state index in [1.54, 1.807) is 0 Å². The van der Waals surface area contributed by atoms with Crippen molar-refractivity contribution in [2.45, 2.75) is 0 Å². The predicted octanol–water partition coefficient (Wildman–Crippen LogP) is 4.32. The van der Waals surface area contributed by atoms with E-state index >= 15 is 0 Å². The Labute approximate surface area is 117 Å². The summed E-state index contributed by atoms with van der Waals surface area (Å²) in [6.45, 7) is 0. The van der Waals surface area contributed by atoms with Crippen molar-refractivity contribution in [3.05, 3.63) is 53.6 Å². The molecule has 1 aromatic heterocycles. The number of nitrogens with zero attached hydrogens (tertiary/aromatic N) is 2.